The van der Waals surface area contributed by atoms with Gasteiger partial charge >= 0.3 is 0 Å². The zero-order valence-corrected chi connectivity index (χ0v) is 16.1. The van der Waals surface area contributed by atoms with Crippen molar-refractivity contribution in [1.29, 1.82) is 0 Å². The molecule has 0 N–H and O–H groups in total. The van der Waals surface area contributed by atoms with Gasteiger partial charge in [0, 0.05) is 25.7 Å². The van der Waals surface area contributed by atoms with Crippen molar-refractivity contribution in [2.45, 2.75) is 26.3 Å². The van der Waals surface area contributed by atoms with Gasteiger partial charge in [0.1, 0.15) is 17.9 Å². The molecule has 1 unspecified atom stereocenters. The standard InChI is InChI=1S/C21H22N4O3/c1-14(16-7-5-4-6-8-16)12-23(3)20(26)13-24-21(27)18-11-19-17(9-10-28-19)25(18)15(2)22-24/h4-11,14H,12-13H2,1-3H3. The molecule has 1 amide bonds. The van der Waals surface area contributed by atoms with Crippen molar-refractivity contribution in [2.24, 2.45) is 0 Å². The van der Waals surface area contributed by atoms with E-state index in [4.69, 9.17) is 4.42 Å². The van der Waals surface area contributed by atoms with Crippen LogP contribution in [0.1, 0.15) is 24.2 Å². The number of hydrogen-bond donors (Lipinski definition) is 0. The topological polar surface area (TPSA) is 72.8 Å². The number of furan rings is 1. The lowest BCUT2D eigenvalue weighted by Gasteiger charge is -2.22. The monoisotopic (exact) mass is 378 g/mol. The number of fused-ring (bicyclic) bond motifs is 3. The molecule has 0 bridgehead atoms. The van der Waals surface area contributed by atoms with E-state index in [0.29, 0.717) is 23.5 Å². The summed E-state index contributed by atoms with van der Waals surface area (Å²) in [6, 6.07) is 13.5. The van der Waals surface area contributed by atoms with Gasteiger partial charge in [-0.05, 0) is 18.4 Å². The first-order chi connectivity index (χ1) is 13.5. The summed E-state index contributed by atoms with van der Waals surface area (Å²) < 4.78 is 8.37. The van der Waals surface area contributed by atoms with Crippen LogP contribution in [0.15, 0.2) is 57.9 Å². The molecule has 0 saturated carbocycles. The number of hydrogen-bond acceptors (Lipinski definition) is 4. The van der Waals surface area contributed by atoms with Crippen LogP contribution < -0.4 is 5.56 Å². The Labute approximate surface area is 161 Å². The number of carbonyl (C=O) groups excluding carboxylic acids is 1. The molecule has 0 radical (unpaired) electrons. The van der Waals surface area contributed by atoms with Crippen molar-refractivity contribution in [1.82, 2.24) is 19.1 Å². The van der Waals surface area contributed by atoms with E-state index in [1.165, 1.54) is 10.2 Å². The van der Waals surface area contributed by atoms with Crippen molar-refractivity contribution in [3.05, 3.63) is 70.5 Å². The second-order valence-corrected chi connectivity index (χ2v) is 7.13. The Morgan fingerprint density at radius 3 is 2.71 bits per heavy atom. The number of rotatable bonds is 5. The Bertz CT molecular complexity index is 1200. The van der Waals surface area contributed by atoms with E-state index >= 15 is 0 Å². The van der Waals surface area contributed by atoms with Crippen molar-refractivity contribution in [3.8, 4) is 0 Å². The largest absolute Gasteiger partial charge is 0.463 e. The highest BCUT2D eigenvalue weighted by atomic mass is 16.3. The van der Waals surface area contributed by atoms with Gasteiger partial charge in [0.2, 0.25) is 5.91 Å². The minimum absolute atomic E-state index is 0.0965. The summed E-state index contributed by atoms with van der Waals surface area (Å²) in [5.74, 6) is 0.664. The molecule has 1 atom stereocenters. The van der Waals surface area contributed by atoms with E-state index in [0.717, 1.165) is 5.52 Å². The third-order valence-electron chi connectivity index (χ3n) is 5.09. The molecular formula is C21H22N4O3. The number of aromatic nitrogens is 3. The lowest BCUT2D eigenvalue weighted by Crippen LogP contribution is -2.37. The lowest BCUT2D eigenvalue weighted by atomic mass is 10.0. The van der Waals surface area contributed by atoms with Gasteiger partial charge in [0.15, 0.2) is 5.58 Å². The first kappa shape index (κ1) is 18.0. The van der Waals surface area contributed by atoms with Crippen LogP contribution in [0.4, 0.5) is 0 Å². The maximum atomic E-state index is 12.8. The molecule has 7 nitrogen and oxygen atoms in total. The fraction of sp³-hybridized carbons (Fsp3) is 0.286. The fourth-order valence-electron chi connectivity index (χ4n) is 3.58. The van der Waals surface area contributed by atoms with Gasteiger partial charge in [0.25, 0.3) is 5.56 Å². The molecule has 4 rings (SSSR count). The quantitative estimate of drug-likeness (QED) is 0.535. The Kier molecular flexibility index (Phi) is 4.50. The smallest absolute Gasteiger partial charge is 0.291 e. The average Bonchev–Trinajstić information content (AvgIpc) is 3.27. The summed E-state index contributed by atoms with van der Waals surface area (Å²) in [4.78, 5) is 27.2. The number of likely N-dealkylation sites (N-methyl/N-ethyl adjacent to an activating group) is 1. The van der Waals surface area contributed by atoms with Crippen LogP contribution in [-0.2, 0) is 11.3 Å². The van der Waals surface area contributed by atoms with Crippen LogP contribution in [-0.4, -0.2) is 38.6 Å². The fourth-order valence-corrected chi connectivity index (χ4v) is 3.58. The minimum Gasteiger partial charge on any atom is -0.463 e. The van der Waals surface area contributed by atoms with Crippen LogP contribution in [0.5, 0.6) is 0 Å². The highest BCUT2D eigenvalue weighted by Crippen LogP contribution is 2.20. The van der Waals surface area contributed by atoms with Crippen molar-refractivity contribution >= 4 is 22.5 Å². The molecule has 4 aromatic rings. The third-order valence-corrected chi connectivity index (χ3v) is 5.09. The van der Waals surface area contributed by atoms with Crippen LogP contribution in [0.3, 0.4) is 0 Å². The summed E-state index contributed by atoms with van der Waals surface area (Å²) in [6.07, 6.45) is 1.58. The van der Waals surface area contributed by atoms with Crippen LogP contribution in [0.25, 0.3) is 16.6 Å². The van der Waals surface area contributed by atoms with Crippen LogP contribution in [0.2, 0.25) is 0 Å². The highest BCUT2D eigenvalue weighted by molar-refractivity contribution is 5.82. The number of amides is 1. The molecule has 144 valence electrons. The van der Waals surface area contributed by atoms with E-state index < -0.39 is 0 Å². The molecule has 28 heavy (non-hydrogen) atoms. The predicted octanol–water partition coefficient (Wildman–Crippen LogP) is 2.81. The molecule has 3 heterocycles. The van der Waals surface area contributed by atoms with E-state index in [-0.39, 0.29) is 23.9 Å². The van der Waals surface area contributed by atoms with Gasteiger partial charge in [-0.25, -0.2) is 4.68 Å². The zero-order chi connectivity index (χ0) is 19.8. The second-order valence-electron chi connectivity index (χ2n) is 7.13. The van der Waals surface area contributed by atoms with Gasteiger partial charge in [0.05, 0.1) is 11.8 Å². The SMILES string of the molecule is Cc1nn(CC(=O)N(C)CC(C)c2ccccc2)c(=O)c2cc3occc3n12. The zero-order valence-electron chi connectivity index (χ0n) is 16.1. The summed E-state index contributed by atoms with van der Waals surface area (Å²) in [5, 5.41) is 4.34. The van der Waals surface area contributed by atoms with Crippen LogP contribution >= 0.6 is 0 Å². The predicted molar refractivity (Wildman–Crippen MR) is 106 cm³/mol. The Morgan fingerprint density at radius 2 is 1.96 bits per heavy atom. The molecule has 0 aliphatic heterocycles. The molecule has 7 heteroatoms. The number of carbonyl (C=O) groups is 1. The van der Waals surface area contributed by atoms with E-state index in [1.807, 2.05) is 18.2 Å². The number of aryl methyl sites for hydroxylation is 1. The van der Waals surface area contributed by atoms with Crippen molar-refractivity contribution in [3.63, 3.8) is 0 Å². The first-order valence-electron chi connectivity index (χ1n) is 9.21. The molecule has 0 spiro atoms. The molecule has 1 aromatic carbocycles. The van der Waals surface area contributed by atoms with Gasteiger partial charge in [-0.15, -0.1) is 0 Å². The first-order valence-corrected chi connectivity index (χ1v) is 9.21. The van der Waals surface area contributed by atoms with Crippen molar-refractivity contribution in [2.75, 3.05) is 13.6 Å². The van der Waals surface area contributed by atoms with E-state index in [1.54, 1.807) is 41.7 Å². The Hall–Kier alpha value is -3.35. The minimum atomic E-state index is -0.310. The van der Waals surface area contributed by atoms with E-state index in [2.05, 4.69) is 24.2 Å². The Balaban J connectivity index is 1.56. The third kappa shape index (κ3) is 3.09. The van der Waals surface area contributed by atoms with Gasteiger partial charge in [-0.2, -0.15) is 5.10 Å². The molecule has 3 aromatic heterocycles. The van der Waals surface area contributed by atoms with Crippen molar-refractivity contribution < 1.29 is 9.21 Å². The summed E-state index contributed by atoms with van der Waals surface area (Å²) in [5.41, 5.74) is 2.74. The average molecular weight is 378 g/mol. The van der Waals surface area contributed by atoms with Gasteiger partial charge < -0.3 is 9.32 Å². The van der Waals surface area contributed by atoms with E-state index in [9.17, 15) is 9.59 Å². The van der Waals surface area contributed by atoms with Gasteiger partial charge in [-0.3, -0.25) is 14.0 Å². The number of benzene rings is 1. The number of nitrogens with zero attached hydrogens (tertiary/aromatic N) is 4. The molecule has 0 aliphatic rings. The lowest BCUT2D eigenvalue weighted by molar-refractivity contribution is -0.131. The highest BCUT2D eigenvalue weighted by Gasteiger charge is 2.18. The maximum absolute atomic E-state index is 12.8. The summed E-state index contributed by atoms with van der Waals surface area (Å²) >= 11 is 0. The molecule has 0 saturated heterocycles. The summed E-state index contributed by atoms with van der Waals surface area (Å²) in [7, 11) is 1.75. The molecule has 0 fully saturated rings. The van der Waals surface area contributed by atoms with Gasteiger partial charge in [-0.1, -0.05) is 37.3 Å². The molecule has 0 aliphatic carbocycles. The second kappa shape index (κ2) is 6.99. The summed E-state index contributed by atoms with van der Waals surface area (Å²) in [6.45, 7) is 4.36. The molecular weight excluding hydrogens is 356 g/mol. The maximum Gasteiger partial charge on any atom is 0.291 e. The normalized spacial score (nSPS) is 12.5. The van der Waals surface area contributed by atoms with Crippen LogP contribution in [0, 0.1) is 6.92 Å². The Morgan fingerprint density at radius 1 is 1.21 bits per heavy atom.